The standard InChI is InChI=1S/C13H24OS/c1-4-10-15-11-9-13(14-3)7-5-12(2)6-8-13/h4,10,12H,5-9,11H2,1-3H3/b10-4-. The van der Waals surface area contributed by atoms with E-state index in [9.17, 15) is 0 Å². The fourth-order valence-corrected chi connectivity index (χ4v) is 3.07. The van der Waals surface area contributed by atoms with E-state index in [4.69, 9.17) is 4.74 Å². The molecule has 0 heterocycles. The van der Waals surface area contributed by atoms with Crippen molar-refractivity contribution >= 4 is 11.8 Å². The highest BCUT2D eigenvalue weighted by Crippen LogP contribution is 2.37. The maximum Gasteiger partial charge on any atom is 0.0687 e. The molecule has 1 saturated carbocycles. The Kier molecular flexibility index (Phi) is 5.77. The Morgan fingerprint density at radius 1 is 1.40 bits per heavy atom. The molecule has 2 heteroatoms. The average molecular weight is 228 g/mol. The summed E-state index contributed by atoms with van der Waals surface area (Å²) in [5.41, 5.74) is 0.196. The molecule has 0 bridgehead atoms. The van der Waals surface area contributed by atoms with Gasteiger partial charge in [0.2, 0.25) is 0 Å². The maximum atomic E-state index is 5.77. The Morgan fingerprint density at radius 2 is 2.07 bits per heavy atom. The van der Waals surface area contributed by atoms with Crippen LogP contribution in [-0.2, 0) is 4.74 Å². The van der Waals surface area contributed by atoms with Crippen molar-refractivity contribution in [3.05, 3.63) is 11.5 Å². The Balaban J connectivity index is 2.33. The topological polar surface area (TPSA) is 9.23 Å². The van der Waals surface area contributed by atoms with Crippen LogP contribution in [-0.4, -0.2) is 18.5 Å². The molecule has 0 saturated heterocycles. The molecule has 1 nitrogen and oxygen atoms in total. The zero-order chi connectivity index (χ0) is 11.1. The van der Waals surface area contributed by atoms with Crippen LogP contribution in [0.2, 0.25) is 0 Å². The molecule has 0 N–H and O–H groups in total. The van der Waals surface area contributed by atoms with Gasteiger partial charge in [-0.05, 0) is 50.4 Å². The van der Waals surface area contributed by atoms with E-state index in [0.717, 1.165) is 5.92 Å². The normalized spacial score (nSPS) is 32.3. The van der Waals surface area contributed by atoms with Crippen LogP contribution < -0.4 is 0 Å². The van der Waals surface area contributed by atoms with Crippen LogP contribution in [0, 0.1) is 5.92 Å². The van der Waals surface area contributed by atoms with Crippen LogP contribution in [0.15, 0.2) is 11.5 Å². The van der Waals surface area contributed by atoms with E-state index in [1.165, 1.54) is 37.9 Å². The third-order valence-corrected chi connectivity index (χ3v) is 4.43. The Morgan fingerprint density at radius 3 is 2.60 bits per heavy atom. The van der Waals surface area contributed by atoms with Gasteiger partial charge in [-0.2, -0.15) is 0 Å². The molecule has 0 atom stereocenters. The van der Waals surface area contributed by atoms with Crippen LogP contribution >= 0.6 is 11.8 Å². The molecule has 0 aliphatic heterocycles. The van der Waals surface area contributed by atoms with Gasteiger partial charge in [-0.3, -0.25) is 0 Å². The largest absolute Gasteiger partial charge is 0.378 e. The van der Waals surface area contributed by atoms with E-state index in [0.29, 0.717) is 0 Å². The molecule has 1 rings (SSSR count). The molecule has 15 heavy (non-hydrogen) atoms. The number of hydrogen-bond acceptors (Lipinski definition) is 2. The van der Waals surface area contributed by atoms with Crippen molar-refractivity contribution < 1.29 is 4.74 Å². The third kappa shape index (κ3) is 4.20. The lowest BCUT2D eigenvalue weighted by Crippen LogP contribution is -2.36. The second kappa shape index (κ2) is 6.59. The number of ether oxygens (including phenoxy) is 1. The molecule has 1 aliphatic rings. The molecule has 1 fully saturated rings. The van der Waals surface area contributed by atoms with Crippen LogP contribution in [0.5, 0.6) is 0 Å². The molecule has 0 aromatic rings. The highest BCUT2D eigenvalue weighted by Gasteiger charge is 2.33. The quantitative estimate of drug-likeness (QED) is 0.651. The smallest absolute Gasteiger partial charge is 0.0687 e. The van der Waals surface area contributed by atoms with Crippen LogP contribution in [0.4, 0.5) is 0 Å². The molecule has 0 amide bonds. The summed E-state index contributed by atoms with van der Waals surface area (Å²) in [5.74, 6) is 2.09. The van der Waals surface area contributed by atoms with Crippen molar-refractivity contribution in [3.8, 4) is 0 Å². The van der Waals surface area contributed by atoms with Gasteiger partial charge in [0.15, 0.2) is 0 Å². The molecule has 0 spiro atoms. The van der Waals surface area contributed by atoms with Gasteiger partial charge in [-0.25, -0.2) is 0 Å². The minimum atomic E-state index is 0.196. The average Bonchev–Trinajstić information content (AvgIpc) is 2.28. The summed E-state index contributed by atoms with van der Waals surface area (Å²) in [5, 5.41) is 2.18. The maximum absolute atomic E-state index is 5.77. The van der Waals surface area contributed by atoms with Crippen LogP contribution in [0.1, 0.15) is 46.0 Å². The van der Waals surface area contributed by atoms with Crippen molar-refractivity contribution in [1.82, 2.24) is 0 Å². The van der Waals surface area contributed by atoms with E-state index >= 15 is 0 Å². The Labute approximate surface area is 98.7 Å². The summed E-state index contributed by atoms with van der Waals surface area (Å²) in [4.78, 5) is 0. The zero-order valence-electron chi connectivity index (χ0n) is 10.3. The number of methoxy groups -OCH3 is 1. The van der Waals surface area contributed by atoms with Gasteiger partial charge >= 0.3 is 0 Å². The first kappa shape index (κ1) is 13.1. The summed E-state index contributed by atoms with van der Waals surface area (Å²) in [6.07, 6.45) is 8.48. The highest BCUT2D eigenvalue weighted by atomic mass is 32.2. The monoisotopic (exact) mass is 228 g/mol. The van der Waals surface area contributed by atoms with Crippen molar-refractivity contribution in [3.63, 3.8) is 0 Å². The summed E-state index contributed by atoms with van der Waals surface area (Å²) in [7, 11) is 1.89. The lowest BCUT2D eigenvalue weighted by molar-refractivity contribution is -0.0491. The minimum Gasteiger partial charge on any atom is -0.378 e. The molecular formula is C13H24OS. The highest BCUT2D eigenvalue weighted by molar-refractivity contribution is 8.02. The molecule has 0 unspecified atom stereocenters. The van der Waals surface area contributed by atoms with Gasteiger partial charge in [0.05, 0.1) is 5.60 Å². The molecule has 88 valence electrons. The van der Waals surface area contributed by atoms with E-state index in [1.54, 1.807) is 0 Å². The Hall–Kier alpha value is 0.0500. The molecule has 1 aliphatic carbocycles. The van der Waals surface area contributed by atoms with Crippen molar-refractivity contribution in [2.24, 2.45) is 5.92 Å². The first-order chi connectivity index (χ1) is 7.22. The van der Waals surface area contributed by atoms with Crippen molar-refractivity contribution in [2.45, 2.75) is 51.6 Å². The van der Waals surface area contributed by atoms with Gasteiger partial charge in [0.1, 0.15) is 0 Å². The SMILES string of the molecule is C/C=C\SCCC1(OC)CCC(C)CC1. The van der Waals surface area contributed by atoms with Crippen LogP contribution in [0.3, 0.4) is 0 Å². The van der Waals surface area contributed by atoms with Gasteiger partial charge in [0, 0.05) is 12.9 Å². The summed E-state index contributed by atoms with van der Waals surface area (Å²) in [6, 6.07) is 0. The Bertz CT molecular complexity index is 193. The van der Waals surface area contributed by atoms with Gasteiger partial charge < -0.3 is 4.74 Å². The second-order valence-electron chi connectivity index (χ2n) is 4.66. The molecule has 0 aromatic carbocycles. The lowest BCUT2D eigenvalue weighted by Gasteiger charge is -2.38. The first-order valence-corrected chi connectivity index (χ1v) is 7.05. The number of rotatable bonds is 5. The van der Waals surface area contributed by atoms with E-state index in [-0.39, 0.29) is 5.60 Å². The minimum absolute atomic E-state index is 0.196. The predicted molar refractivity (Wildman–Crippen MR) is 69.3 cm³/mol. The summed E-state index contributed by atoms with van der Waals surface area (Å²) < 4.78 is 5.77. The summed E-state index contributed by atoms with van der Waals surface area (Å²) in [6.45, 7) is 4.43. The third-order valence-electron chi connectivity index (χ3n) is 3.53. The fourth-order valence-electron chi connectivity index (χ4n) is 2.25. The van der Waals surface area contributed by atoms with E-state index < -0.39 is 0 Å². The molecule has 0 aromatic heterocycles. The van der Waals surface area contributed by atoms with Gasteiger partial charge in [-0.1, -0.05) is 13.0 Å². The van der Waals surface area contributed by atoms with Gasteiger partial charge in [-0.15, -0.1) is 11.8 Å². The second-order valence-corrected chi connectivity index (χ2v) is 5.67. The number of hydrogen-bond donors (Lipinski definition) is 0. The zero-order valence-corrected chi connectivity index (χ0v) is 11.1. The predicted octanol–water partition coefficient (Wildman–Crippen LogP) is 4.24. The van der Waals surface area contributed by atoms with Crippen LogP contribution in [0.25, 0.3) is 0 Å². The fraction of sp³-hybridized carbons (Fsp3) is 0.846. The number of thioether (sulfide) groups is 1. The van der Waals surface area contributed by atoms with E-state index in [2.05, 4.69) is 25.3 Å². The van der Waals surface area contributed by atoms with Crippen molar-refractivity contribution in [1.29, 1.82) is 0 Å². The van der Waals surface area contributed by atoms with Gasteiger partial charge in [0.25, 0.3) is 0 Å². The molecular weight excluding hydrogens is 204 g/mol. The van der Waals surface area contributed by atoms with Crippen molar-refractivity contribution in [2.75, 3.05) is 12.9 Å². The molecule has 0 radical (unpaired) electrons. The summed E-state index contributed by atoms with van der Waals surface area (Å²) >= 11 is 1.90. The van der Waals surface area contributed by atoms with E-state index in [1.807, 2.05) is 18.9 Å². The lowest BCUT2D eigenvalue weighted by atomic mass is 9.78. The first-order valence-electron chi connectivity index (χ1n) is 6.00. The number of allylic oxidation sites excluding steroid dienone is 1.